The van der Waals surface area contributed by atoms with Crippen molar-refractivity contribution in [2.75, 3.05) is 10.6 Å². The minimum atomic E-state index is -0.663. The molecular weight excluding hydrogens is 552 g/mol. The lowest BCUT2D eigenvalue weighted by molar-refractivity contribution is -0.385. The predicted octanol–water partition coefficient (Wildman–Crippen LogP) is 6.43. The summed E-state index contributed by atoms with van der Waals surface area (Å²) in [6, 6.07) is 28.7. The Morgan fingerprint density at radius 2 is 1.40 bits per heavy atom. The minimum absolute atomic E-state index is 0.139. The van der Waals surface area contributed by atoms with E-state index in [1.807, 2.05) is 31.2 Å². The first kappa shape index (κ1) is 29.8. The zero-order chi connectivity index (χ0) is 30.1. The second-order valence-corrected chi connectivity index (χ2v) is 10.7. The molecule has 0 radical (unpaired) electrons. The van der Waals surface area contributed by atoms with Gasteiger partial charge in [-0.15, -0.1) is 11.8 Å². The van der Waals surface area contributed by atoms with E-state index in [1.165, 1.54) is 36.0 Å². The number of carbonyl (C=O) groups excluding carboxylic acids is 3. The minimum Gasteiger partial charge on any atom is -0.325 e. The van der Waals surface area contributed by atoms with Crippen molar-refractivity contribution < 1.29 is 19.3 Å². The van der Waals surface area contributed by atoms with Crippen LogP contribution in [-0.4, -0.2) is 27.9 Å². The fourth-order valence-corrected chi connectivity index (χ4v) is 4.69. The molecule has 212 valence electrons. The van der Waals surface area contributed by atoms with Gasteiger partial charge in [0.25, 0.3) is 17.5 Å². The number of rotatable bonds is 10. The quantitative estimate of drug-likeness (QED) is 0.0857. The van der Waals surface area contributed by atoms with Crippen LogP contribution in [-0.2, 0) is 9.59 Å². The zero-order valence-corrected chi connectivity index (χ0v) is 23.7. The number of nitrogens with zero attached hydrogens (tertiary/aromatic N) is 1. The molecule has 0 aliphatic carbocycles. The molecule has 1 atom stereocenters. The first-order chi connectivity index (χ1) is 20.2. The summed E-state index contributed by atoms with van der Waals surface area (Å²) in [4.78, 5) is 50.5. The summed E-state index contributed by atoms with van der Waals surface area (Å²) in [6.07, 6.45) is 1.27. The Morgan fingerprint density at radius 1 is 0.810 bits per heavy atom. The molecular formula is C32H28N4O5S. The van der Waals surface area contributed by atoms with Crippen molar-refractivity contribution in [2.24, 2.45) is 0 Å². The number of nitro groups is 1. The third kappa shape index (κ3) is 8.15. The van der Waals surface area contributed by atoms with Crippen molar-refractivity contribution in [1.29, 1.82) is 0 Å². The number of nitrogens with one attached hydrogen (secondary N) is 3. The molecule has 9 nitrogen and oxygen atoms in total. The number of para-hydroxylation sites is 1. The van der Waals surface area contributed by atoms with Crippen LogP contribution in [0.25, 0.3) is 6.08 Å². The van der Waals surface area contributed by atoms with Crippen LogP contribution < -0.4 is 16.0 Å². The Kier molecular flexibility index (Phi) is 9.85. The van der Waals surface area contributed by atoms with Crippen LogP contribution in [0.3, 0.4) is 0 Å². The van der Waals surface area contributed by atoms with Gasteiger partial charge in [0, 0.05) is 27.9 Å². The van der Waals surface area contributed by atoms with Gasteiger partial charge in [-0.3, -0.25) is 24.5 Å². The molecule has 0 spiro atoms. The number of aryl methyl sites for hydroxylation is 1. The van der Waals surface area contributed by atoms with Crippen LogP contribution in [0.1, 0.15) is 28.4 Å². The lowest BCUT2D eigenvalue weighted by atomic mass is 10.1. The highest BCUT2D eigenvalue weighted by Crippen LogP contribution is 2.26. The molecule has 0 saturated carbocycles. The topological polar surface area (TPSA) is 130 Å². The summed E-state index contributed by atoms with van der Waals surface area (Å²) in [5, 5.41) is 19.3. The lowest BCUT2D eigenvalue weighted by Crippen LogP contribution is -2.30. The fourth-order valence-electron chi connectivity index (χ4n) is 3.83. The van der Waals surface area contributed by atoms with Crippen molar-refractivity contribution in [3.05, 3.63) is 136 Å². The molecule has 0 fully saturated rings. The van der Waals surface area contributed by atoms with E-state index < -0.39 is 16.7 Å². The molecule has 4 aromatic rings. The molecule has 1 unspecified atom stereocenters. The number of nitro benzene ring substituents is 1. The molecule has 42 heavy (non-hydrogen) atoms. The van der Waals surface area contributed by atoms with Gasteiger partial charge in [-0.25, -0.2) is 0 Å². The normalized spacial score (nSPS) is 11.7. The molecule has 4 rings (SSSR count). The first-order valence-corrected chi connectivity index (χ1v) is 13.8. The molecule has 0 bridgehead atoms. The number of anilines is 2. The number of thioether (sulfide) groups is 1. The highest BCUT2D eigenvalue weighted by Gasteiger charge is 2.19. The van der Waals surface area contributed by atoms with Crippen molar-refractivity contribution >= 4 is 52.6 Å². The van der Waals surface area contributed by atoms with Gasteiger partial charge in [0.15, 0.2) is 0 Å². The maximum absolute atomic E-state index is 13.3. The van der Waals surface area contributed by atoms with Crippen molar-refractivity contribution in [2.45, 2.75) is 24.0 Å². The van der Waals surface area contributed by atoms with Crippen LogP contribution in [0, 0.1) is 17.0 Å². The third-order valence-corrected chi connectivity index (χ3v) is 7.19. The largest absolute Gasteiger partial charge is 0.325 e. The van der Waals surface area contributed by atoms with Crippen molar-refractivity contribution in [3.63, 3.8) is 0 Å². The average Bonchev–Trinajstić information content (AvgIpc) is 2.99. The Hall–Kier alpha value is -5.22. The maximum atomic E-state index is 13.3. The Labute approximate surface area is 247 Å². The maximum Gasteiger partial charge on any atom is 0.276 e. The van der Waals surface area contributed by atoms with Crippen LogP contribution >= 0.6 is 11.8 Å². The van der Waals surface area contributed by atoms with E-state index in [9.17, 15) is 24.5 Å². The smallest absolute Gasteiger partial charge is 0.276 e. The Balaban J connectivity index is 1.47. The van der Waals surface area contributed by atoms with Gasteiger partial charge >= 0.3 is 0 Å². The van der Waals surface area contributed by atoms with Crippen LogP contribution in [0.5, 0.6) is 0 Å². The number of hydrogen-bond acceptors (Lipinski definition) is 6. The van der Waals surface area contributed by atoms with Crippen LogP contribution in [0.15, 0.2) is 114 Å². The van der Waals surface area contributed by atoms with E-state index in [-0.39, 0.29) is 28.1 Å². The van der Waals surface area contributed by atoms with E-state index in [0.717, 1.165) is 16.1 Å². The average molecular weight is 581 g/mol. The lowest BCUT2D eigenvalue weighted by Gasteiger charge is -2.14. The van der Waals surface area contributed by atoms with Crippen LogP contribution in [0.2, 0.25) is 0 Å². The summed E-state index contributed by atoms with van der Waals surface area (Å²) in [5.41, 5.74) is 2.36. The van der Waals surface area contributed by atoms with Gasteiger partial charge in [0.1, 0.15) is 5.70 Å². The van der Waals surface area contributed by atoms with E-state index in [1.54, 1.807) is 67.6 Å². The SMILES string of the molecule is Cc1ccc(NC(=O)C(C)Sc2ccc(NC(=O)/C(=C/c3ccccc3[N+](=O)[O-])NC(=O)c3ccccc3)cc2)cc1. The number of carbonyl (C=O) groups is 3. The monoisotopic (exact) mass is 580 g/mol. The van der Waals surface area contributed by atoms with Crippen LogP contribution in [0.4, 0.5) is 17.1 Å². The molecule has 3 amide bonds. The molecule has 0 aliphatic heterocycles. The molecule has 0 aromatic heterocycles. The summed E-state index contributed by atoms with van der Waals surface area (Å²) in [7, 11) is 0. The van der Waals surface area contributed by atoms with E-state index in [2.05, 4.69) is 16.0 Å². The summed E-state index contributed by atoms with van der Waals surface area (Å²) in [5.74, 6) is -1.34. The first-order valence-electron chi connectivity index (χ1n) is 13.0. The van der Waals surface area contributed by atoms with Gasteiger partial charge in [-0.05, 0) is 74.5 Å². The molecule has 4 aromatic carbocycles. The summed E-state index contributed by atoms with van der Waals surface area (Å²) >= 11 is 1.36. The van der Waals surface area contributed by atoms with E-state index >= 15 is 0 Å². The number of amides is 3. The summed E-state index contributed by atoms with van der Waals surface area (Å²) in [6.45, 7) is 3.78. The zero-order valence-electron chi connectivity index (χ0n) is 22.9. The molecule has 3 N–H and O–H groups in total. The summed E-state index contributed by atoms with van der Waals surface area (Å²) < 4.78 is 0. The Bertz CT molecular complexity index is 1620. The Morgan fingerprint density at radius 3 is 2.07 bits per heavy atom. The van der Waals surface area contributed by atoms with E-state index in [0.29, 0.717) is 11.3 Å². The third-order valence-electron chi connectivity index (χ3n) is 6.08. The molecule has 0 aliphatic rings. The number of benzene rings is 4. The fraction of sp³-hybridized carbons (Fsp3) is 0.0938. The van der Waals surface area contributed by atoms with Gasteiger partial charge < -0.3 is 16.0 Å². The van der Waals surface area contributed by atoms with Gasteiger partial charge in [0.05, 0.1) is 15.7 Å². The van der Waals surface area contributed by atoms with Crippen molar-refractivity contribution in [1.82, 2.24) is 5.32 Å². The molecule has 10 heteroatoms. The van der Waals surface area contributed by atoms with Gasteiger partial charge in [0.2, 0.25) is 5.91 Å². The highest BCUT2D eigenvalue weighted by atomic mass is 32.2. The predicted molar refractivity (Wildman–Crippen MR) is 165 cm³/mol. The van der Waals surface area contributed by atoms with E-state index in [4.69, 9.17) is 0 Å². The number of hydrogen-bond donors (Lipinski definition) is 3. The van der Waals surface area contributed by atoms with Gasteiger partial charge in [-0.1, -0.05) is 48.0 Å². The van der Waals surface area contributed by atoms with Crippen molar-refractivity contribution in [3.8, 4) is 0 Å². The standard InChI is InChI=1S/C32H28N4O5S/c1-21-12-14-25(15-13-21)33-30(37)22(2)42-27-18-16-26(17-19-27)34-32(39)28(35-31(38)23-8-4-3-5-9-23)20-24-10-6-7-11-29(24)36(40)41/h3-20,22H,1-2H3,(H,33,37)(H,34,39)(H,35,38)/b28-20-. The highest BCUT2D eigenvalue weighted by molar-refractivity contribution is 8.00. The molecule has 0 saturated heterocycles. The van der Waals surface area contributed by atoms with Gasteiger partial charge in [-0.2, -0.15) is 0 Å². The second kappa shape index (κ2) is 13.9. The molecule has 0 heterocycles. The second-order valence-electron chi connectivity index (χ2n) is 9.29.